The van der Waals surface area contributed by atoms with Gasteiger partial charge in [0.05, 0.1) is 32.2 Å². The number of hydrogen-bond donors (Lipinski definition) is 2. The molecule has 0 radical (unpaired) electrons. The Morgan fingerprint density at radius 3 is 2.94 bits per heavy atom. The number of nitrogens with one attached hydrogen (secondary N) is 1. The summed E-state index contributed by atoms with van der Waals surface area (Å²) in [5.74, 6) is -0.103. The molecule has 0 bridgehead atoms. The summed E-state index contributed by atoms with van der Waals surface area (Å²) in [4.78, 5) is 19.2. The monoisotopic (exact) mass is 240 g/mol. The average molecular weight is 240 g/mol. The lowest BCUT2D eigenvalue weighted by Gasteiger charge is -2.05. The highest BCUT2D eigenvalue weighted by Gasteiger charge is 2.06. The minimum Gasteiger partial charge on any atom is -0.382 e. The molecular formula is C10H16N4O3. The maximum atomic E-state index is 11.5. The molecule has 1 rings (SSSR count). The highest BCUT2D eigenvalue weighted by Crippen LogP contribution is 1.96. The molecule has 1 heterocycles. The molecule has 17 heavy (non-hydrogen) atoms. The predicted octanol–water partition coefficient (Wildman–Crippen LogP) is -0.548. The molecule has 0 saturated carbocycles. The number of nitrogen functional groups attached to an aromatic ring is 1. The fourth-order valence-corrected chi connectivity index (χ4v) is 1.06. The number of amides is 1. The van der Waals surface area contributed by atoms with Gasteiger partial charge in [-0.3, -0.25) is 9.78 Å². The molecule has 1 aromatic rings. The highest BCUT2D eigenvalue weighted by atomic mass is 16.5. The fourth-order valence-electron chi connectivity index (χ4n) is 1.06. The zero-order valence-corrected chi connectivity index (χ0v) is 9.68. The van der Waals surface area contributed by atoms with Gasteiger partial charge in [-0.05, 0) is 0 Å². The Morgan fingerprint density at radius 1 is 1.41 bits per heavy atom. The van der Waals surface area contributed by atoms with Crippen molar-refractivity contribution in [1.82, 2.24) is 15.3 Å². The second-order valence-electron chi connectivity index (χ2n) is 3.19. The van der Waals surface area contributed by atoms with Crippen LogP contribution in [0.1, 0.15) is 10.5 Å². The third-order valence-electron chi connectivity index (χ3n) is 1.85. The van der Waals surface area contributed by atoms with Crippen LogP contribution >= 0.6 is 0 Å². The van der Waals surface area contributed by atoms with Gasteiger partial charge in [-0.2, -0.15) is 0 Å². The first-order valence-electron chi connectivity index (χ1n) is 5.16. The molecule has 0 fully saturated rings. The molecule has 0 aromatic carbocycles. The normalized spacial score (nSPS) is 10.2. The van der Waals surface area contributed by atoms with Gasteiger partial charge in [-0.15, -0.1) is 0 Å². The van der Waals surface area contributed by atoms with E-state index in [0.717, 1.165) is 0 Å². The van der Waals surface area contributed by atoms with Crippen LogP contribution in [0.2, 0.25) is 0 Å². The molecule has 1 amide bonds. The van der Waals surface area contributed by atoms with Gasteiger partial charge in [0.2, 0.25) is 0 Å². The van der Waals surface area contributed by atoms with E-state index in [4.69, 9.17) is 15.2 Å². The first-order valence-corrected chi connectivity index (χ1v) is 5.16. The van der Waals surface area contributed by atoms with E-state index < -0.39 is 0 Å². The second kappa shape index (κ2) is 7.53. The van der Waals surface area contributed by atoms with Crippen molar-refractivity contribution >= 4 is 11.7 Å². The maximum absolute atomic E-state index is 11.5. The Kier molecular flexibility index (Phi) is 5.91. The summed E-state index contributed by atoms with van der Waals surface area (Å²) >= 11 is 0. The molecule has 0 aliphatic carbocycles. The number of carbonyl (C=O) groups is 1. The summed E-state index contributed by atoms with van der Waals surface area (Å²) in [5, 5.41) is 2.64. The van der Waals surface area contributed by atoms with Gasteiger partial charge in [-0.25, -0.2) is 4.98 Å². The SMILES string of the molecule is COCCOCCNC(=O)c1cncc(N)n1. The zero-order valence-electron chi connectivity index (χ0n) is 9.68. The lowest BCUT2D eigenvalue weighted by molar-refractivity contribution is 0.0691. The smallest absolute Gasteiger partial charge is 0.271 e. The van der Waals surface area contributed by atoms with E-state index in [1.807, 2.05) is 0 Å². The maximum Gasteiger partial charge on any atom is 0.271 e. The molecule has 3 N–H and O–H groups in total. The lowest BCUT2D eigenvalue weighted by atomic mass is 10.4. The number of hydrogen-bond acceptors (Lipinski definition) is 6. The van der Waals surface area contributed by atoms with Crippen LogP contribution in [0.4, 0.5) is 5.82 Å². The van der Waals surface area contributed by atoms with Crippen LogP contribution in [0, 0.1) is 0 Å². The van der Waals surface area contributed by atoms with Crippen molar-refractivity contribution in [2.24, 2.45) is 0 Å². The van der Waals surface area contributed by atoms with Crippen molar-refractivity contribution in [3.8, 4) is 0 Å². The van der Waals surface area contributed by atoms with Crippen LogP contribution in [0.15, 0.2) is 12.4 Å². The van der Waals surface area contributed by atoms with E-state index in [1.54, 1.807) is 7.11 Å². The van der Waals surface area contributed by atoms with Gasteiger partial charge in [0.15, 0.2) is 0 Å². The topological polar surface area (TPSA) is 99.4 Å². The van der Waals surface area contributed by atoms with Crippen molar-refractivity contribution in [1.29, 1.82) is 0 Å². The number of aromatic nitrogens is 2. The van der Waals surface area contributed by atoms with Gasteiger partial charge >= 0.3 is 0 Å². The standard InChI is InChI=1S/C10H16N4O3/c1-16-4-5-17-3-2-13-10(15)8-6-12-7-9(11)14-8/h6-7H,2-5H2,1H3,(H2,11,14)(H,13,15). The molecule has 94 valence electrons. The van der Waals surface area contributed by atoms with Crippen molar-refractivity contribution < 1.29 is 14.3 Å². The molecule has 0 aliphatic rings. The van der Waals surface area contributed by atoms with Crippen LogP contribution in [-0.2, 0) is 9.47 Å². The number of rotatable bonds is 7. The Hall–Kier alpha value is -1.73. The minimum absolute atomic E-state index is 0.196. The quantitative estimate of drug-likeness (QED) is 0.620. The highest BCUT2D eigenvalue weighted by molar-refractivity contribution is 5.92. The molecule has 7 nitrogen and oxygen atoms in total. The summed E-state index contributed by atoms with van der Waals surface area (Å²) in [6.45, 7) is 1.86. The van der Waals surface area contributed by atoms with Crippen LogP contribution in [0.25, 0.3) is 0 Å². The average Bonchev–Trinajstić information content (AvgIpc) is 2.33. The fraction of sp³-hybridized carbons (Fsp3) is 0.500. The van der Waals surface area contributed by atoms with Crippen LogP contribution < -0.4 is 11.1 Å². The number of ether oxygens (including phenoxy) is 2. The molecular weight excluding hydrogens is 224 g/mol. The summed E-state index contributed by atoms with van der Waals surface area (Å²) < 4.78 is 9.99. The van der Waals surface area contributed by atoms with Crippen molar-refractivity contribution in [2.45, 2.75) is 0 Å². The Bertz CT molecular complexity index is 359. The number of nitrogens with two attached hydrogens (primary N) is 1. The van der Waals surface area contributed by atoms with Gasteiger partial charge in [0.1, 0.15) is 11.5 Å². The second-order valence-corrected chi connectivity index (χ2v) is 3.19. The number of carbonyl (C=O) groups excluding carboxylic acids is 1. The number of methoxy groups -OCH3 is 1. The summed E-state index contributed by atoms with van der Waals surface area (Å²) in [6, 6.07) is 0. The molecule has 7 heteroatoms. The molecule has 0 atom stereocenters. The third-order valence-corrected chi connectivity index (χ3v) is 1.85. The van der Waals surface area contributed by atoms with Gasteiger partial charge < -0.3 is 20.5 Å². The predicted molar refractivity (Wildman–Crippen MR) is 61.5 cm³/mol. The van der Waals surface area contributed by atoms with E-state index in [9.17, 15) is 4.79 Å². The van der Waals surface area contributed by atoms with Gasteiger partial charge in [-0.1, -0.05) is 0 Å². The largest absolute Gasteiger partial charge is 0.382 e. The van der Waals surface area contributed by atoms with Crippen molar-refractivity contribution in [2.75, 3.05) is 39.2 Å². The lowest BCUT2D eigenvalue weighted by Crippen LogP contribution is -2.28. The van der Waals surface area contributed by atoms with E-state index in [2.05, 4.69) is 15.3 Å². The molecule has 0 unspecified atom stereocenters. The Balaban J connectivity index is 2.21. The zero-order chi connectivity index (χ0) is 12.5. The molecule has 0 spiro atoms. The van der Waals surface area contributed by atoms with E-state index >= 15 is 0 Å². The first-order chi connectivity index (χ1) is 8.24. The summed E-state index contributed by atoms with van der Waals surface area (Å²) in [5.41, 5.74) is 5.61. The van der Waals surface area contributed by atoms with Crippen LogP contribution in [-0.4, -0.2) is 49.4 Å². The number of anilines is 1. The number of nitrogens with zero attached hydrogens (tertiary/aromatic N) is 2. The van der Waals surface area contributed by atoms with E-state index in [-0.39, 0.29) is 17.4 Å². The van der Waals surface area contributed by atoms with E-state index in [0.29, 0.717) is 26.4 Å². The Labute approximate surface area is 99.3 Å². The molecule has 0 saturated heterocycles. The van der Waals surface area contributed by atoms with Gasteiger partial charge in [0.25, 0.3) is 5.91 Å². The molecule has 0 aliphatic heterocycles. The van der Waals surface area contributed by atoms with Gasteiger partial charge in [0, 0.05) is 13.7 Å². The Morgan fingerprint density at radius 2 is 2.24 bits per heavy atom. The van der Waals surface area contributed by atoms with Crippen molar-refractivity contribution in [3.05, 3.63) is 18.1 Å². The minimum atomic E-state index is -0.319. The summed E-state index contributed by atoms with van der Waals surface area (Å²) in [7, 11) is 1.60. The summed E-state index contributed by atoms with van der Waals surface area (Å²) in [6.07, 6.45) is 2.74. The van der Waals surface area contributed by atoms with Crippen LogP contribution in [0.3, 0.4) is 0 Å². The first kappa shape index (κ1) is 13.3. The van der Waals surface area contributed by atoms with Crippen molar-refractivity contribution in [3.63, 3.8) is 0 Å². The van der Waals surface area contributed by atoms with Crippen LogP contribution in [0.5, 0.6) is 0 Å². The van der Waals surface area contributed by atoms with E-state index in [1.165, 1.54) is 12.4 Å². The molecule has 1 aromatic heterocycles. The third kappa shape index (κ3) is 5.23.